The van der Waals surface area contributed by atoms with Gasteiger partial charge in [0.25, 0.3) is 0 Å². The van der Waals surface area contributed by atoms with E-state index in [2.05, 4.69) is 58.0 Å². The number of benzene rings is 1. The van der Waals surface area contributed by atoms with Gasteiger partial charge in [-0.05, 0) is 41.5 Å². The highest BCUT2D eigenvalue weighted by Crippen LogP contribution is 2.51. The van der Waals surface area contributed by atoms with Crippen LogP contribution < -0.4 is 0 Å². The van der Waals surface area contributed by atoms with Crippen molar-refractivity contribution in [2.24, 2.45) is 5.92 Å². The van der Waals surface area contributed by atoms with Gasteiger partial charge in [-0.25, -0.2) is 0 Å². The van der Waals surface area contributed by atoms with E-state index in [1.54, 1.807) is 5.57 Å². The maximum Gasteiger partial charge on any atom is 0.0155 e. The van der Waals surface area contributed by atoms with E-state index >= 15 is 0 Å². The second-order valence-electron chi connectivity index (χ2n) is 6.04. The summed E-state index contributed by atoms with van der Waals surface area (Å²) in [5.41, 5.74) is 7.69. The predicted molar refractivity (Wildman–Crippen MR) is 74.0 cm³/mol. The second-order valence-corrected chi connectivity index (χ2v) is 6.04. The van der Waals surface area contributed by atoms with Gasteiger partial charge in [0.2, 0.25) is 0 Å². The van der Waals surface area contributed by atoms with Crippen molar-refractivity contribution in [3.8, 4) is 0 Å². The lowest BCUT2D eigenvalue weighted by Gasteiger charge is -2.25. The van der Waals surface area contributed by atoms with Gasteiger partial charge in [-0.3, -0.25) is 0 Å². The van der Waals surface area contributed by atoms with Crippen molar-refractivity contribution in [3.63, 3.8) is 0 Å². The Kier molecular flexibility index (Phi) is 2.13. The van der Waals surface area contributed by atoms with Crippen LogP contribution in [0.2, 0.25) is 0 Å². The summed E-state index contributed by atoms with van der Waals surface area (Å²) in [7, 11) is 0. The molecule has 0 heteroatoms. The molecule has 0 N–H and O–H groups in total. The lowest BCUT2D eigenvalue weighted by atomic mass is 9.78. The maximum absolute atomic E-state index is 2.37. The van der Waals surface area contributed by atoms with Gasteiger partial charge in [0.15, 0.2) is 0 Å². The van der Waals surface area contributed by atoms with Crippen molar-refractivity contribution in [2.75, 3.05) is 0 Å². The Balaban J connectivity index is 2.30. The Labute approximate surface area is 104 Å². The molecule has 0 saturated carbocycles. The summed E-state index contributed by atoms with van der Waals surface area (Å²) in [5, 5.41) is 0. The lowest BCUT2D eigenvalue weighted by molar-refractivity contribution is 0.643. The molecule has 1 unspecified atom stereocenters. The first-order valence-corrected chi connectivity index (χ1v) is 6.54. The second kappa shape index (κ2) is 3.35. The molecule has 1 aromatic rings. The van der Waals surface area contributed by atoms with Crippen LogP contribution in [0.15, 0.2) is 35.9 Å². The van der Waals surface area contributed by atoms with E-state index in [-0.39, 0.29) is 5.41 Å². The van der Waals surface area contributed by atoms with Crippen LogP contribution in [0.25, 0.3) is 5.57 Å². The number of aryl methyl sites for hydroxylation is 1. The Hall–Kier alpha value is -1.30. The highest BCUT2D eigenvalue weighted by atomic mass is 14.4. The fourth-order valence-corrected chi connectivity index (χ4v) is 3.37. The van der Waals surface area contributed by atoms with E-state index in [0.29, 0.717) is 5.92 Å². The molecule has 0 heterocycles. The summed E-state index contributed by atoms with van der Waals surface area (Å²) < 4.78 is 0. The number of allylic oxidation sites excluding steroid dienone is 4. The van der Waals surface area contributed by atoms with Gasteiger partial charge in [-0.2, -0.15) is 0 Å². The van der Waals surface area contributed by atoms with Gasteiger partial charge < -0.3 is 0 Å². The summed E-state index contributed by atoms with van der Waals surface area (Å²) >= 11 is 0. The van der Waals surface area contributed by atoms with Gasteiger partial charge in [0.05, 0.1) is 0 Å². The first-order chi connectivity index (χ1) is 8.01. The van der Waals surface area contributed by atoms with Crippen LogP contribution in [0, 0.1) is 12.8 Å². The molecule has 0 spiro atoms. The number of fused-ring (bicyclic) bond motifs is 2. The molecule has 0 radical (unpaired) electrons. The summed E-state index contributed by atoms with van der Waals surface area (Å²) in [6.07, 6.45) is 5.87. The highest BCUT2D eigenvalue weighted by molar-refractivity contribution is 5.84. The first kappa shape index (κ1) is 10.8. The van der Waals surface area contributed by atoms with E-state index in [0.717, 1.165) is 0 Å². The highest BCUT2D eigenvalue weighted by Gasteiger charge is 2.38. The minimum absolute atomic E-state index is 0.182. The van der Waals surface area contributed by atoms with Crippen LogP contribution >= 0.6 is 0 Å². The quantitative estimate of drug-likeness (QED) is 0.602. The third-order valence-electron chi connectivity index (χ3n) is 4.37. The molecule has 0 nitrogen and oxygen atoms in total. The molecule has 1 atom stereocenters. The SMILES string of the molecule is Cc1ccc2c(c1)C(C)(C)C1=C2C(C)CC=C1. The Morgan fingerprint density at radius 3 is 2.76 bits per heavy atom. The largest absolute Gasteiger partial charge is 0.0836 e. The summed E-state index contributed by atoms with van der Waals surface area (Å²) in [6, 6.07) is 6.94. The van der Waals surface area contributed by atoms with Crippen LogP contribution in [-0.4, -0.2) is 0 Å². The van der Waals surface area contributed by atoms with Crippen molar-refractivity contribution in [1.29, 1.82) is 0 Å². The van der Waals surface area contributed by atoms with Gasteiger partial charge in [0.1, 0.15) is 0 Å². The van der Waals surface area contributed by atoms with Crippen LogP contribution in [0.5, 0.6) is 0 Å². The zero-order valence-electron chi connectivity index (χ0n) is 11.2. The molecule has 2 aliphatic carbocycles. The smallest absolute Gasteiger partial charge is 0.0155 e. The Morgan fingerprint density at radius 2 is 2.00 bits per heavy atom. The van der Waals surface area contributed by atoms with Gasteiger partial charge in [-0.1, -0.05) is 56.7 Å². The van der Waals surface area contributed by atoms with Gasteiger partial charge in [0, 0.05) is 5.41 Å². The molecule has 0 aromatic heterocycles. The van der Waals surface area contributed by atoms with E-state index in [9.17, 15) is 0 Å². The Bertz CT molecular complexity index is 541. The zero-order chi connectivity index (χ0) is 12.2. The van der Waals surface area contributed by atoms with E-state index in [1.807, 2.05) is 0 Å². The first-order valence-electron chi connectivity index (χ1n) is 6.54. The summed E-state index contributed by atoms with van der Waals surface area (Å²) in [6.45, 7) is 9.25. The minimum atomic E-state index is 0.182. The summed E-state index contributed by atoms with van der Waals surface area (Å²) in [4.78, 5) is 0. The molecule has 3 rings (SSSR count). The molecule has 88 valence electrons. The fourth-order valence-electron chi connectivity index (χ4n) is 3.37. The van der Waals surface area contributed by atoms with E-state index < -0.39 is 0 Å². The third kappa shape index (κ3) is 1.36. The normalized spacial score (nSPS) is 24.8. The third-order valence-corrected chi connectivity index (χ3v) is 4.37. The van der Waals surface area contributed by atoms with Crippen LogP contribution in [-0.2, 0) is 5.41 Å². The van der Waals surface area contributed by atoms with Gasteiger partial charge in [-0.15, -0.1) is 0 Å². The molecular weight excluding hydrogens is 204 g/mol. The van der Waals surface area contributed by atoms with Crippen LogP contribution in [0.4, 0.5) is 0 Å². The number of hydrogen-bond donors (Lipinski definition) is 0. The van der Waals surface area contributed by atoms with Crippen molar-refractivity contribution in [1.82, 2.24) is 0 Å². The van der Waals surface area contributed by atoms with Crippen molar-refractivity contribution < 1.29 is 0 Å². The lowest BCUT2D eigenvalue weighted by Crippen LogP contribution is -2.17. The van der Waals surface area contributed by atoms with Crippen LogP contribution in [0.1, 0.15) is 43.9 Å². The summed E-state index contributed by atoms with van der Waals surface area (Å²) in [5.74, 6) is 0.665. The topological polar surface area (TPSA) is 0 Å². The molecule has 0 amide bonds. The molecule has 0 bridgehead atoms. The monoisotopic (exact) mass is 224 g/mol. The standard InChI is InChI=1S/C17H20/c1-11-8-9-13-15(10-11)17(3,4)14-7-5-6-12(2)16(13)14/h5,7-10,12H,6H2,1-4H3. The average Bonchev–Trinajstić information content (AvgIpc) is 2.50. The molecule has 1 aromatic carbocycles. The minimum Gasteiger partial charge on any atom is -0.0836 e. The van der Waals surface area contributed by atoms with Crippen molar-refractivity contribution in [2.45, 2.75) is 39.5 Å². The fraction of sp³-hybridized carbons (Fsp3) is 0.412. The van der Waals surface area contributed by atoms with Gasteiger partial charge >= 0.3 is 0 Å². The molecule has 17 heavy (non-hydrogen) atoms. The maximum atomic E-state index is 2.37. The molecular formula is C17H20. The van der Waals surface area contributed by atoms with Crippen LogP contribution in [0.3, 0.4) is 0 Å². The molecule has 0 fully saturated rings. The average molecular weight is 224 g/mol. The zero-order valence-corrected chi connectivity index (χ0v) is 11.2. The molecule has 0 aliphatic heterocycles. The van der Waals surface area contributed by atoms with Crippen molar-refractivity contribution >= 4 is 5.57 Å². The Morgan fingerprint density at radius 1 is 1.24 bits per heavy atom. The molecule has 2 aliphatic rings. The van der Waals surface area contributed by atoms with E-state index in [1.165, 1.54) is 28.7 Å². The number of rotatable bonds is 0. The van der Waals surface area contributed by atoms with E-state index in [4.69, 9.17) is 0 Å². The number of hydrogen-bond acceptors (Lipinski definition) is 0. The predicted octanol–water partition coefficient (Wildman–Crippen LogP) is 4.64. The molecule has 0 saturated heterocycles. The van der Waals surface area contributed by atoms with Crippen molar-refractivity contribution in [3.05, 3.63) is 52.6 Å².